The molecule has 1 saturated heterocycles. The average Bonchev–Trinajstić information content (AvgIpc) is 2.65. The lowest BCUT2D eigenvalue weighted by molar-refractivity contribution is 0.102. The van der Waals surface area contributed by atoms with Crippen LogP contribution in [0.25, 0.3) is 0 Å². The number of pyridine rings is 1. The van der Waals surface area contributed by atoms with Crippen molar-refractivity contribution in [1.82, 2.24) is 15.2 Å². The van der Waals surface area contributed by atoms with Gasteiger partial charge in [0.1, 0.15) is 11.6 Å². The number of nitrogens with zero attached hydrogens (tertiary/aromatic N) is 2. The first kappa shape index (κ1) is 18.1. The molecule has 1 fully saturated rings. The molecule has 136 valence electrons. The SMILES string of the molecule is O=C(Nc1ccc(F)cn1)c1cc(Cl)ccc1NC(=O)N1CCNCC1. The molecule has 3 amide bonds. The molecule has 0 radical (unpaired) electrons. The van der Waals surface area contributed by atoms with E-state index in [0.29, 0.717) is 23.8 Å². The molecule has 7 nitrogen and oxygen atoms in total. The van der Waals surface area contributed by atoms with Crippen LogP contribution in [0.15, 0.2) is 36.5 Å². The number of aromatic nitrogens is 1. The van der Waals surface area contributed by atoms with Crippen LogP contribution in [0.2, 0.25) is 5.02 Å². The molecule has 0 saturated carbocycles. The zero-order valence-electron chi connectivity index (χ0n) is 13.8. The third kappa shape index (κ3) is 4.47. The quantitative estimate of drug-likeness (QED) is 0.767. The van der Waals surface area contributed by atoms with Crippen LogP contribution in [0.3, 0.4) is 0 Å². The van der Waals surface area contributed by atoms with E-state index in [1.807, 2.05) is 0 Å². The van der Waals surface area contributed by atoms with E-state index in [9.17, 15) is 14.0 Å². The molecule has 0 bridgehead atoms. The van der Waals surface area contributed by atoms with Crippen LogP contribution < -0.4 is 16.0 Å². The van der Waals surface area contributed by atoms with E-state index < -0.39 is 11.7 Å². The van der Waals surface area contributed by atoms with E-state index in [0.717, 1.165) is 19.3 Å². The summed E-state index contributed by atoms with van der Waals surface area (Å²) >= 11 is 5.99. The number of hydrogen-bond donors (Lipinski definition) is 3. The molecule has 9 heteroatoms. The van der Waals surface area contributed by atoms with Crippen molar-refractivity contribution in [2.75, 3.05) is 36.8 Å². The van der Waals surface area contributed by atoms with Gasteiger partial charge >= 0.3 is 6.03 Å². The third-order valence-corrected chi connectivity index (χ3v) is 4.08. The molecular formula is C17H17ClFN5O2. The minimum absolute atomic E-state index is 0.187. The predicted molar refractivity (Wildman–Crippen MR) is 97.1 cm³/mol. The molecule has 0 unspecified atom stereocenters. The monoisotopic (exact) mass is 377 g/mol. The third-order valence-electron chi connectivity index (χ3n) is 3.84. The lowest BCUT2D eigenvalue weighted by Crippen LogP contribution is -2.48. The second kappa shape index (κ2) is 8.11. The highest BCUT2D eigenvalue weighted by atomic mass is 35.5. The maximum absolute atomic E-state index is 12.9. The van der Waals surface area contributed by atoms with Crippen molar-refractivity contribution in [3.63, 3.8) is 0 Å². The molecule has 26 heavy (non-hydrogen) atoms. The molecular weight excluding hydrogens is 361 g/mol. The summed E-state index contributed by atoms with van der Waals surface area (Å²) in [4.78, 5) is 30.4. The standard InChI is InChI=1S/C17H17ClFN5O2/c18-11-1-3-14(22-17(26)24-7-5-20-6-8-24)13(9-11)16(25)23-15-4-2-12(19)10-21-15/h1-4,9-10,20H,5-8H2,(H,22,26)(H,21,23,25). The average molecular weight is 378 g/mol. The van der Waals surface area contributed by atoms with Gasteiger partial charge in [0, 0.05) is 31.2 Å². The molecule has 0 atom stereocenters. The van der Waals surface area contributed by atoms with Crippen molar-refractivity contribution in [2.24, 2.45) is 0 Å². The highest BCUT2D eigenvalue weighted by molar-refractivity contribution is 6.31. The van der Waals surface area contributed by atoms with Crippen molar-refractivity contribution in [1.29, 1.82) is 0 Å². The summed E-state index contributed by atoms with van der Waals surface area (Å²) in [5.41, 5.74) is 0.518. The fourth-order valence-corrected chi connectivity index (χ4v) is 2.68. The van der Waals surface area contributed by atoms with Gasteiger partial charge < -0.3 is 20.9 Å². The fraction of sp³-hybridized carbons (Fsp3) is 0.235. The zero-order valence-corrected chi connectivity index (χ0v) is 14.5. The largest absolute Gasteiger partial charge is 0.322 e. The second-order valence-corrected chi connectivity index (χ2v) is 6.11. The van der Waals surface area contributed by atoms with Gasteiger partial charge in [-0.2, -0.15) is 0 Å². The molecule has 0 spiro atoms. The molecule has 2 heterocycles. The van der Waals surface area contributed by atoms with Gasteiger partial charge in [-0.05, 0) is 30.3 Å². The van der Waals surface area contributed by atoms with Crippen LogP contribution in [0.5, 0.6) is 0 Å². The highest BCUT2D eigenvalue weighted by Crippen LogP contribution is 2.22. The van der Waals surface area contributed by atoms with Gasteiger partial charge in [-0.3, -0.25) is 4.79 Å². The smallest absolute Gasteiger partial charge is 0.321 e. The number of hydrogen-bond acceptors (Lipinski definition) is 4. The summed E-state index contributed by atoms with van der Waals surface area (Å²) in [6.45, 7) is 2.61. The molecule has 3 N–H and O–H groups in total. The van der Waals surface area contributed by atoms with E-state index in [2.05, 4.69) is 20.9 Å². The Balaban J connectivity index is 1.77. The van der Waals surface area contributed by atoms with Crippen LogP contribution in [-0.4, -0.2) is 48.0 Å². The number of halogens is 2. The van der Waals surface area contributed by atoms with Crippen molar-refractivity contribution >= 4 is 35.0 Å². The number of rotatable bonds is 3. The first-order chi connectivity index (χ1) is 12.5. The van der Waals surface area contributed by atoms with Gasteiger partial charge in [0.2, 0.25) is 0 Å². The Kier molecular flexibility index (Phi) is 5.65. The topological polar surface area (TPSA) is 86.4 Å². The number of benzene rings is 1. The molecule has 1 aliphatic rings. The second-order valence-electron chi connectivity index (χ2n) is 5.67. The Labute approximate surface area is 154 Å². The van der Waals surface area contributed by atoms with Crippen molar-refractivity contribution < 1.29 is 14.0 Å². The molecule has 1 aromatic heterocycles. The Morgan fingerprint density at radius 2 is 1.92 bits per heavy atom. The van der Waals surface area contributed by atoms with E-state index in [1.54, 1.807) is 17.0 Å². The van der Waals surface area contributed by atoms with E-state index in [1.165, 1.54) is 18.2 Å². The molecule has 2 aromatic rings. The minimum atomic E-state index is -0.512. The van der Waals surface area contributed by atoms with E-state index in [-0.39, 0.29) is 17.4 Å². The van der Waals surface area contributed by atoms with Gasteiger partial charge in [-0.25, -0.2) is 14.2 Å². The Morgan fingerprint density at radius 1 is 1.15 bits per heavy atom. The Hall–Kier alpha value is -2.71. The van der Waals surface area contributed by atoms with Gasteiger partial charge in [0.25, 0.3) is 5.91 Å². The number of piperazine rings is 1. The van der Waals surface area contributed by atoms with Gasteiger partial charge in [0.05, 0.1) is 17.4 Å². The summed E-state index contributed by atoms with van der Waals surface area (Å²) in [5, 5.41) is 8.81. The van der Waals surface area contributed by atoms with Crippen LogP contribution >= 0.6 is 11.6 Å². The summed E-state index contributed by atoms with van der Waals surface area (Å²) < 4.78 is 12.9. The summed E-state index contributed by atoms with van der Waals surface area (Å²) in [6, 6.07) is 6.85. The Morgan fingerprint density at radius 3 is 2.62 bits per heavy atom. The van der Waals surface area contributed by atoms with E-state index in [4.69, 9.17) is 11.6 Å². The number of nitrogens with one attached hydrogen (secondary N) is 3. The number of carbonyl (C=O) groups excluding carboxylic acids is 2. The molecule has 3 rings (SSSR count). The van der Waals surface area contributed by atoms with Crippen molar-refractivity contribution in [2.45, 2.75) is 0 Å². The number of amides is 3. The summed E-state index contributed by atoms with van der Waals surface area (Å²) in [7, 11) is 0. The first-order valence-corrected chi connectivity index (χ1v) is 8.40. The van der Waals surface area contributed by atoms with Crippen LogP contribution in [0.4, 0.5) is 20.7 Å². The van der Waals surface area contributed by atoms with Crippen LogP contribution in [-0.2, 0) is 0 Å². The maximum Gasteiger partial charge on any atom is 0.321 e. The lowest BCUT2D eigenvalue weighted by Gasteiger charge is -2.27. The number of urea groups is 1. The van der Waals surface area contributed by atoms with Crippen LogP contribution in [0, 0.1) is 5.82 Å². The number of carbonyl (C=O) groups is 2. The van der Waals surface area contributed by atoms with Crippen LogP contribution in [0.1, 0.15) is 10.4 Å². The lowest BCUT2D eigenvalue weighted by atomic mass is 10.1. The maximum atomic E-state index is 12.9. The zero-order chi connectivity index (χ0) is 18.5. The van der Waals surface area contributed by atoms with Gasteiger partial charge in [-0.1, -0.05) is 11.6 Å². The molecule has 1 aliphatic heterocycles. The first-order valence-electron chi connectivity index (χ1n) is 8.02. The van der Waals surface area contributed by atoms with Crippen molar-refractivity contribution in [3.05, 3.63) is 52.9 Å². The summed E-state index contributed by atoms with van der Waals surface area (Å²) in [6.07, 6.45) is 1.00. The van der Waals surface area contributed by atoms with Gasteiger partial charge in [0.15, 0.2) is 0 Å². The summed E-state index contributed by atoms with van der Waals surface area (Å²) in [5.74, 6) is -0.826. The van der Waals surface area contributed by atoms with Gasteiger partial charge in [-0.15, -0.1) is 0 Å². The Bertz CT molecular complexity index is 809. The fourth-order valence-electron chi connectivity index (χ4n) is 2.51. The highest BCUT2D eigenvalue weighted by Gasteiger charge is 2.19. The molecule has 1 aromatic carbocycles. The van der Waals surface area contributed by atoms with Crippen molar-refractivity contribution in [3.8, 4) is 0 Å². The van der Waals surface area contributed by atoms with E-state index >= 15 is 0 Å². The number of anilines is 2. The molecule has 0 aliphatic carbocycles. The minimum Gasteiger partial charge on any atom is -0.322 e. The normalized spacial score (nSPS) is 14.0. The predicted octanol–water partition coefficient (Wildman–Crippen LogP) is 2.56.